The number of nitrogens with one attached hydrogen (secondary N) is 1. The maximum absolute atomic E-state index is 5.47. The zero-order valence-corrected chi connectivity index (χ0v) is 16.5. The lowest BCUT2D eigenvalue weighted by Gasteiger charge is -2.16. The van der Waals surface area contributed by atoms with Gasteiger partial charge in [0.2, 0.25) is 0 Å². The van der Waals surface area contributed by atoms with E-state index in [4.69, 9.17) is 9.47 Å². The Balaban J connectivity index is 1.76. The Bertz CT molecular complexity index is 902. The summed E-state index contributed by atoms with van der Waals surface area (Å²) in [5.74, 6) is 1.47. The van der Waals surface area contributed by atoms with Gasteiger partial charge in [-0.15, -0.1) is 0 Å². The molecular formula is C22H27N3O2. The molecule has 27 heavy (non-hydrogen) atoms. The molecule has 3 aromatic rings. The van der Waals surface area contributed by atoms with Crippen LogP contribution in [0.25, 0.3) is 11.1 Å². The van der Waals surface area contributed by atoms with E-state index in [0.29, 0.717) is 0 Å². The maximum Gasteiger partial charge on any atom is 0.161 e. The van der Waals surface area contributed by atoms with Gasteiger partial charge in [0.15, 0.2) is 11.5 Å². The number of rotatable bonds is 8. The van der Waals surface area contributed by atoms with E-state index in [2.05, 4.69) is 52.3 Å². The van der Waals surface area contributed by atoms with Gasteiger partial charge in [-0.2, -0.15) is 0 Å². The molecular weight excluding hydrogens is 338 g/mol. The van der Waals surface area contributed by atoms with Gasteiger partial charge in [-0.05, 0) is 49.6 Å². The minimum atomic E-state index is 0.736. The number of hydrogen-bond acceptors (Lipinski definition) is 4. The van der Waals surface area contributed by atoms with Gasteiger partial charge < -0.3 is 19.4 Å². The lowest BCUT2D eigenvalue weighted by atomic mass is 9.98. The molecule has 0 aliphatic rings. The standard InChI is InChI=1S/C22H27N3O2/c1-16-7-5-8-19(23-11-6-12-25-14-17(2)24-15-25)22(16)18-9-10-20(26-3)21(13-18)27-4/h5,7-10,13-15,23H,6,11-12H2,1-4H3. The Kier molecular flexibility index (Phi) is 6.01. The quantitative estimate of drug-likeness (QED) is 0.589. The molecule has 0 unspecified atom stereocenters. The Morgan fingerprint density at radius 1 is 1.04 bits per heavy atom. The third-order valence-corrected chi connectivity index (χ3v) is 4.62. The highest BCUT2D eigenvalue weighted by Gasteiger charge is 2.11. The van der Waals surface area contributed by atoms with Crippen LogP contribution in [-0.4, -0.2) is 30.3 Å². The van der Waals surface area contributed by atoms with Crippen molar-refractivity contribution in [3.05, 3.63) is 60.2 Å². The SMILES string of the molecule is COc1ccc(-c2c(C)cccc2NCCCn2cnc(C)c2)cc1OC. The predicted octanol–water partition coefficient (Wildman–Crippen LogP) is 4.69. The first kappa shape index (κ1) is 18.8. The maximum atomic E-state index is 5.47. The average molecular weight is 365 g/mol. The topological polar surface area (TPSA) is 48.3 Å². The molecule has 142 valence electrons. The van der Waals surface area contributed by atoms with Gasteiger partial charge in [-0.3, -0.25) is 0 Å². The molecule has 0 spiro atoms. The summed E-state index contributed by atoms with van der Waals surface area (Å²) in [4.78, 5) is 4.27. The van der Waals surface area contributed by atoms with E-state index in [1.807, 2.05) is 25.4 Å². The molecule has 0 saturated heterocycles. The van der Waals surface area contributed by atoms with Crippen LogP contribution in [0.5, 0.6) is 11.5 Å². The van der Waals surface area contributed by atoms with E-state index in [-0.39, 0.29) is 0 Å². The number of aryl methyl sites for hydroxylation is 3. The van der Waals surface area contributed by atoms with E-state index in [1.165, 1.54) is 11.1 Å². The third kappa shape index (κ3) is 4.42. The van der Waals surface area contributed by atoms with Crippen LogP contribution in [0.1, 0.15) is 17.7 Å². The fourth-order valence-corrected chi connectivity index (χ4v) is 3.27. The van der Waals surface area contributed by atoms with Crippen molar-refractivity contribution >= 4 is 5.69 Å². The summed E-state index contributed by atoms with van der Waals surface area (Å²) in [5.41, 5.74) is 5.70. The molecule has 0 aliphatic heterocycles. The number of ether oxygens (including phenoxy) is 2. The second-order valence-corrected chi connectivity index (χ2v) is 6.60. The average Bonchev–Trinajstić information content (AvgIpc) is 3.10. The number of benzene rings is 2. The van der Waals surface area contributed by atoms with Crippen molar-refractivity contribution in [1.29, 1.82) is 0 Å². The predicted molar refractivity (Wildman–Crippen MR) is 110 cm³/mol. The van der Waals surface area contributed by atoms with Crippen LogP contribution in [-0.2, 0) is 6.54 Å². The van der Waals surface area contributed by atoms with Crippen molar-refractivity contribution in [3.8, 4) is 22.6 Å². The Morgan fingerprint density at radius 3 is 2.56 bits per heavy atom. The zero-order valence-electron chi connectivity index (χ0n) is 16.5. The minimum Gasteiger partial charge on any atom is -0.493 e. The Hall–Kier alpha value is -2.95. The van der Waals surface area contributed by atoms with Crippen LogP contribution in [0, 0.1) is 13.8 Å². The minimum absolute atomic E-state index is 0.736. The molecule has 0 amide bonds. The first-order valence-corrected chi connectivity index (χ1v) is 9.16. The summed E-state index contributed by atoms with van der Waals surface area (Å²) < 4.78 is 13.0. The highest BCUT2D eigenvalue weighted by molar-refractivity contribution is 5.82. The van der Waals surface area contributed by atoms with E-state index in [0.717, 1.165) is 48.0 Å². The molecule has 3 rings (SSSR count). The van der Waals surface area contributed by atoms with Crippen molar-refractivity contribution in [1.82, 2.24) is 9.55 Å². The zero-order chi connectivity index (χ0) is 19.2. The highest BCUT2D eigenvalue weighted by Crippen LogP contribution is 2.37. The van der Waals surface area contributed by atoms with E-state index >= 15 is 0 Å². The van der Waals surface area contributed by atoms with Gasteiger partial charge in [-0.25, -0.2) is 4.98 Å². The molecule has 0 fully saturated rings. The van der Waals surface area contributed by atoms with Gasteiger partial charge in [0.1, 0.15) is 0 Å². The number of methoxy groups -OCH3 is 2. The lowest BCUT2D eigenvalue weighted by Crippen LogP contribution is -2.07. The number of anilines is 1. The smallest absolute Gasteiger partial charge is 0.161 e. The largest absolute Gasteiger partial charge is 0.493 e. The van der Waals surface area contributed by atoms with E-state index in [9.17, 15) is 0 Å². The lowest BCUT2D eigenvalue weighted by molar-refractivity contribution is 0.355. The number of imidazole rings is 1. The van der Waals surface area contributed by atoms with E-state index < -0.39 is 0 Å². The molecule has 1 heterocycles. The van der Waals surface area contributed by atoms with E-state index in [1.54, 1.807) is 14.2 Å². The fourth-order valence-electron chi connectivity index (χ4n) is 3.27. The molecule has 1 aromatic heterocycles. The van der Waals surface area contributed by atoms with Crippen molar-refractivity contribution in [3.63, 3.8) is 0 Å². The first-order valence-electron chi connectivity index (χ1n) is 9.16. The van der Waals surface area contributed by atoms with Crippen LogP contribution in [0.4, 0.5) is 5.69 Å². The second kappa shape index (κ2) is 8.62. The highest BCUT2D eigenvalue weighted by atomic mass is 16.5. The van der Waals surface area contributed by atoms with Crippen molar-refractivity contribution < 1.29 is 9.47 Å². The van der Waals surface area contributed by atoms with Gasteiger partial charge in [0, 0.05) is 30.5 Å². The molecule has 5 heteroatoms. The second-order valence-electron chi connectivity index (χ2n) is 6.60. The summed E-state index contributed by atoms with van der Waals surface area (Å²) in [7, 11) is 3.32. The molecule has 0 atom stereocenters. The van der Waals surface area contributed by atoms with Crippen molar-refractivity contribution in [2.75, 3.05) is 26.1 Å². The van der Waals surface area contributed by atoms with Gasteiger partial charge in [0.25, 0.3) is 0 Å². The summed E-state index contributed by atoms with van der Waals surface area (Å²) in [6.45, 7) is 5.98. The van der Waals surface area contributed by atoms with Crippen LogP contribution in [0.3, 0.4) is 0 Å². The summed E-state index contributed by atoms with van der Waals surface area (Å²) in [6, 6.07) is 12.4. The molecule has 0 radical (unpaired) electrons. The Labute approximate surface area is 161 Å². The molecule has 2 aromatic carbocycles. The van der Waals surface area contributed by atoms with Crippen molar-refractivity contribution in [2.24, 2.45) is 0 Å². The molecule has 1 N–H and O–H groups in total. The first-order chi connectivity index (χ1) is 13.1. The summed E-state index contributed by atoms with van der Waals surface area (Å²) >= 11 is 0. The van der Waals surface area contributed by atoms with Gasteiger partial charge in [-0.1, -0.05) is 18.2 Å². The molecule has 0 saturated carbocycles. The summed E-state index contributed by atoms with van der Waals surface area (Å²) in [6.07, 6.45) is 4.98. The number of hydrogen-bond donors (Lipinski definition) is 1. The Morgan fingerprint density at radius 2 is 1.85 bits per heavy atom. The fraction of sp³-hybridized carbons (Fsp3) is 0.318. The molecule has 5 nitrogen and oxygen atoms in total. The van der Waals surface area contributed by atoms with Crippen LogP contribution in [0.2, 0.25) is 0 Å². The normalized spacial score (nSPS) is 10.7. The van der Waals surface area contributed by atoms with Crippen LogP contribution >= 0.6 is 0 Å². The van der Waals surface area contributed by atoms with Crippen molar-refractivity contribution in [2.45, 2.75) is 26.8 Å². The number of nitrogens with zero attached hydrogens (tertiary/aromatic N) is 2. The monoisotopic (exact) mass is 365 g/mol. The van der Waals surface area contributed by atoms with Crippen LogP contribution in [0.15, 0.2) is 48.9 Å². The van der Waals surface area contributed by atoms with Gasteiger partial charge in [0.05, 0.1) is 26.2 Å². The van der Waals surface area contributed by atoms with Crippen LogP contribution < -0.4 is 14.8 Å². The summed E-state index contributed by atoms with van der Waals surface area (Å²) in [5, 5.41) is 3.59. The third-order valence-electron chi connectivity index (χ3n) is 4.62. The number of aromatic nitrogens is 2. The molecule has 0 bridgehead atoms. The van der Waals surface area contributed by atoms with Gasteiger partial charge >= 0.3 is 0 Å². The molecule has 0 aliphatic carbocycles.